The number of carbonyl (C=O) groups excluding carboxylic acids is 1. The molecule has 1 amide bonds. The van der Waals surface area contributed by atoms with Gasteiger partial charge in [-0.15, -0.1) is 0 Å². The van der Waals surface area contributed by atoms with Crippen LogP contribution >= 0.6 is 23.2 Å². The van der Waals surface area contributed by atoms with Crippen molar-refractivity contribution in [3.8, 4) is 39.4 Å². The van der Waals surface area contributed by atoms with E-state index in [1.165, 1.54) is 0 Å². The van der Waals surface area contributed by atoms with E-state index in [0.29, 0.717) is 47.6 Å². The van der Waals surface area contributed by atoms with Gasteiger partial charge in [0.1, 0.15) is 0 Å². The molecular weight excluding hydrogens is 571 g/mol. The van der Waals surface area contributed by atoms with Crippen LogP contribution < -0.4 is 21.1 Å². The van der Waals surface area contributed by atoms with E-state index in [0.717, 1.165) is 50.9 Å². The third-order valence-electron chi connectivity index (χ3n) is 8.12. The number of amides is 1. The first-order valence-corrected chi connectivity index (χ1v) is 14.8. The molecule has 0 radical (unpaired) electrons. The molecule has 1 aliphatic carbocycles. The average Bonchev–Trinajstić information content (AvgIpc) is 3.54. The molecule has 7 nitrogen and oxygen atoms in total. The molecule has 9 heteroatoms. The minimum absolute atomic E-state index is 0.103. The highest BCUT2D eigenvalue weighted by atomic mass is 35.5. The first-order chi connectivity index (χ1) is 20.3. The molecule has 2 heterocycles. The number of hydrogen-bond donors (Lipinski definition) is 4. The van der Waals surface area contributed by atoms with Gasteiger partial charge in [0.15, 0.2) is 0 Å². The molecule has 6 rings (SSSR count). The lowest BCUT2D eigenvalue weighted by Gasteiger charge is -2.16. The number of methoxy groups -OCH3 is 1. The van der Waals surface area contributed by atoms with Crippen molar-refractivity contribution in [2.75, 3.05) is 13.7 Å². The van der Waals surface area contributed by atoms with Gasteiger partial charge in [-0.2, -0.15) is 0 Å². The highest BCUT2D eigenvalue weighted by molar-refractivity contribution is 6.39. The number of halogens is 2. The highest BCUT2D eigenvalue weighted by Crippen LogP contribution is 2.44. The second-order valence-corrected chi connectivity index (χ2v) is 11.6. The number of aliphatic hydroxyl groups is 1. The van der Waals surface area contributed by atoms with E-state index in [9.17, 15) is 9.90 Å². The van der Waals surface area contributed by atoms with Gasteiger partial charge in [-0.05, 0) is 41.7 Å². The SMILES string of the molecule is COc1nc(-c2cccc(-c3cccc(-c4ccc5c(c4)C(O)CC5N)c3Cl)c2Cl)ccc1CNCC1CCC(=O)N1. The lowest BCUT2D eigenvalue weighted by molar-refractivity contribution is -0.119. The third-order valence-corrected chi connectivity index (χ3v) is 8.94. The minimum atomic E-state index is -0.579. The Bertz CT molecular complexity index is 1660. The molecule has 0 spiro atoms. The molecule has 3 atom stereocenters. The summed E-state index contributed by atoms with van der Waals surface area (Å²) in [5, 5.41) is 17.9. The summed E-state index contributed by atoms with van der Waals surface area (Å²) in [5.41, 5.74) is 13.7. The van der Waals surface area contributed by atoms with Crippen LogP contribution in [0.1, 0.15) is 48.1 Å². The largest absolute Gasteiger partial charge is 0.481 e. The standard InChI is InChI=1S/C33H32Cl2N4O3/c1-42-33-19(16-37-17-20-10-13-30(41)38-20)9-12-28(39-33)25-7-3-6-24(32(25)35)23-5-2-4-21(31(23)34)18-8-11-22-26(14-18)29(40)15-27(22)36/h2-9,11-12,14,20,27,29,37,40H,10,13,15-17,36H2,1H3,(H,38,41). The van der Waals surface area contributed by atoms with E-state index in [1.54, 1.807) is 7.11 Å². The monoisotopic (exact) mass is 602 g/mol. The molecule has 0 saturated carbocycles. The van der Waals surface area contributed by atoms with Crippen LogP contribution in [-0.4, -0.2) is 35.7 Å². The van der Waals surface area contributed by atoms with E-state index in [-0.39, 0.29) is 18.0 Å². The number of rotatable bonds is 8. The lowest BCUT2D eigenvalue weighted by atomic mass is 9.95. The Labute approximate surface area is 255 Å². The Hall–Kier alpha value is -3.46. The van der Waals surface area contributed by atoms with Crippen LogP contribution in [-0.2, 0) is 11.3 Å². The van der Waals surface area contributed by atoms with E-state index in [4.69, 9.17) is 38.7 Å². The Morgan fingerprint density at radius 1 is 1.00 bits per heavy atom. The Morgan fingerprint density at radius 2 is 1.71 bits per heavy atom. The normalized spacial score (nSPS) is 19.5. The Balaban J connectivity index is 1.28. The summed E-state index contributed by atoms with van der Waals surface area (Å²) >= 11 is 14.1. The average molecular weight is 604 g/mol. The quantitative estimate of drug-likeness (QED) is 0.191. The van der Waals surface area contributed by atoms with Crippen molar-refractivity contribution in [1.82, 2.24) is 15.6 Å². The lowest BCUT2D eigenvalue weighted by Crippen LogP contribution is -2.35. The number of aliphatic hydroxyl groups excluding tert-OH is 1. The maximum Gasteiger partial charge on any atom is 0.220 e. The summed E-state index contributed by atoms with van der Waals surface area (Å²) in [7, 11) is 1.60. The van der Waals surface area contributed by atoms with Gasteiger partial charge in [-0.3, -0.25) is 4.79 Å². The van der Waals surface area contributed by atoms with Crippen molar-refractivity contribution < 1.29 is 14.6 Å². The number of nitrogens with zero attached hydrogens (tertiary/aromatic N) is 1. The molecule has 4 aromatic rings. The summed E-state index contributed by atoms with van der Waals surface area (Å²) in [6, 6.07) is 21.5. The molecule has 3 unspecified atom stereocenters. The van der Waals surface area contributed by atoms with Crippen molar-refractivity contribution in [2.24, 2.45) is 5.73 Å². The zero-order valence-corrected chi connectivity index (χ0v) is 24.7. The molecule has 2 aliphatic rings. The first-order valence-electron chi connectivity index (χ1n) is 14.0. The third kappa shape index (κ3) is 5.51. The number of carbonyl (C=O) groups is 1. The number of pyridine rings is 1. The number of hydrogen-bond acceptors (Lipinski definition) is 6. The minimum Gasteiger partial charge on any atom is -0.481 e. The fourth-order valence-electron chi connectivity index (χ4n) is 5.91. The van der Waals surface area contributed by atoms with E-state index < -0.39 is 6.10 Å². The molecule has 1 saturated heterocycles. The maximum absolute atomic E-state index is 11.5. The summed E-state index contributed by atoms with van der Waals surface area (Å²) in [6.07, 6.45) is 1.36. The van der Waals surface area contributed by atoms with Crippen molar-refractivity contribution in [1.29, 1.82) is 0 Å². The van der Waals surface area contributed by atoms with E-state index in [2.05, 4.69) is 10.6 Å². The number of benzene rings is 3. The molecule has 5 N–H and O–H groups in total. The van der Waals surface area contributed by atoms with Crippen LogP contribution in [0.5, 0.6) is 5.88 Å². The Kier molecular flexibility index (Phi) is 8.21. The summed E-state index contributed by atoms with van der Waals surface area (Å²) in [5.74, 6) is 0.612. The molecule has 216 valence electrons. The van der Waals surface area contributed by atoms with Gasteiger partial charge in [0, 0.05) is 59.4 Å². The van der Waals surface area contributed by atoms with Gasteiger partial charge in [0.25, 0.3) is 0 Å². The molecule has 0 bridgehead atoms. The van der Waals surface area contributed by atoms with Crippen molar-refractivity contribution in [2.45, 2.75) is 44.0 Å². The molecule has 1 aliphatic heterocycles. The zero-order chi connectivity index (χ0) is 29.4. The zero-order valence-electron chi connectivity index (χ0n) is 23.2. The molecule has 1 fully saturated rings. The maximum atomic E-state index is 11.5. The highest BCUT2D eigenvalue weighted by Gasteiger charge is 2.28. The number of nitrogens with one attached hydrogen (secondary N) is 2. The summed E-state index contributed by atoms with van der Waals surface area (Å²) in [6.45, 7) is 1.24. The van der Waals surface area contributed by atoms with E-state index in [1.807, 2.05) is 66.7 Å². The van der Waals surface area contributed by atoms with Crippen LogP contribution in [0.4, 0.5) is 0 Å². The number of nitrogens with two attached hydrogens (primary N) is 1. The summed E-state index contributed by atoms with van der Waals surface area (Å²) in [4.78, 5) is 16.2. The molecule has 1 aromatic heterocycles. The van der Waals surface area contributed by atoms with E-state index >= 15 is 0 Å². The smallest absolute Gasteiger partial charge is 0.220 e. The van der Waals surface area contributed by atoms with Gasteiger partial charge >= 0.3 is 0 Å². The predicted octanol–water partition coefficient (Wildman–Crippen LogP) is 6.20. The second kappa shape index (κ2) is 12.0. The van der Waals surface area contributed by atoms with Gasteiger partial charge in [0.05, 0.1) is 29.0 Å². The predicted molar refractivity (Wildman–Crippen MR) is 166 cm³/mol. The number of fused-ring (bicyclic) bond motifs is 1. The first kappa shape index (κ1) is 28.6. The number of ether oxygens (including phenoxy) is 1. The fourth-order valence-corrected chi connectivity index (χ4v) is 6.57. The van der Waals surface area contributed by atoms with Gasteiger partial charge in [-0.1, -0.05) is 77.8 Å². The van der Waals surface area contributed by atoms with Crippen LogP contribution in [0.25, 0.3) is 33.5 Å². The van der Waals surface area contributed by atoms with Gasteiger partial charge < -0.3 is 26.2 Å². The summed E-state index contributed by atoms with van der Waals surface area (Å²) < 4.78 is 5.62. The molecule has 3 aromatic carbocycles. The Morgan fingerprint density at radius 3 is 2.43 bits per heavy atom. The number of aromatic nitrogens is 1. The molecule has 42 heavy (non-hydrogen) atoms. The second-order valence-electron chi connectivity index (χ2n) is 10.8. The van der Waals surface area contributed by atoms with Crippen LogP contribution in [0.2, 0.25) is 10.0 Å². The molecular formula is C33H32Cl2N4O3. The van der Waals surface area contributed by atoms with Crippen LogP contribution in [0, 0.1) is 0 Å². The topological polar surface area (TPSA) is 110 Å². The van der Waals surface area contributed by atoms with Gasteiger partial charge in [0.2, 0.25) is 11.8 Å². The van der Waals surface area contributed by atoms with Gasteiger partial charge in [-0.25, -0.2) is 4.98 Å². The van der Waals surface area contributed by atoms with Crippen LogP contribution in [0.3, 0.4) is 0 Å². The van der Waals surface area contributed by atoms with Crippen LogP contribution in [0.15, 0.2) is 66.7 Å². The van der Waals surface area contributed by atoms with Crippen molar-refractivity contribution >= 4 is 29.1 Å². The fraction of sp³-hybridized carbons (Fsp3) is 0.273. The van der Waals surface area contributed by atoms with Crippen molar-refractivity contribution in [3.63, 3.8) is 0 Å². The van der Waals surface area contributed by atoms with Crippen molar-refractivity contribution in [3.05, 3.63) is 93.5 Å².